The number of pyridine rings is 1. The summed E-state index contributed by atoms with van der Waals surface area (Å²) in [5.74, 6) is 1.28. The SMILES string of the molecule is CCOc1ccccc1NC(=O)Nc1ccc(-n2cnnc2)nc1. The van der Waals surface area contributed by atoms with Crippen LogP contribution in [0.15, 0.2) is 55.2 Å². The van der Waals surface area contributed by atoms with E-state index in [-0.39, 0.29) is 6.03 Å². The molecule has 3 rings (SSSR count). The number of nitrogens with one attached hydrogen (secondary N) is 2. The molecule has 0 aliphatic carbocycles. The molecule has 0 fully saturated rings. The number of amides is 2. The molecule has 2 N–H and O–H groups in total. The first-order valence-corrected chi connectivity index (χ1v) is 7.37. The standard InChI is InChI=1S/C16H16N6O2/c1-2-24-14-6-4-3-5-13(14)21-16(23)20-12-7-8-15(17-9-12)22-10-18-19-11-22/h3-11H,2H2,1H3,(H2,20,21,23). The molecule has 1 aromatic carbocycles. The van der Waals surface area contributed by atoms with Crippen LogP contribution in [-0.4, -0.2) is 32.4 Å². The van der Waals surface area contributed by atoms with E-state index in [1.54, 1.807) is 47.7 Å². The van der Waals surface area contributed by atoms with Gasteiger partial charge in [-0.15, -0.1) is 10.2 Å². The number of rotatable bonds is 5. The average molecular weight is 324 g/mol. The Morgan fingerprint density at radius 3 is 2.62 bits per heavy atom. The van der Waals surface area contributed by atoms with Gasteiger partial charge < -0.3 is 15.4 Å². The van der Waals surface area contributed by atoms with E-state index >= 15 is 0 Å². The summed E-state index contributed by atoms with van der Waals surface area (Å²) >= 11 is 0. The maximum Gasteiger partial charge on any atom is 0.323 e. The van der Waals surface area contributed by atoms with Crippen LogP contribution in [0.1, 0.15) is 6.92 Å². The van der Waals surface area contributed by atoms with Gasteiger partial charge in [-0.25, -0.2) is 9.78 Å². The second kappa shape index (κ2) is 7.23. The van der Waals surface area contributed by atoms with Crippen LogP contribution in [0.25, 0.3) is 5.82 Å². The lowest BCUT2D eigenvalue weighted by atomic mass is 10.3. The molecule has 0 spiro atoms. The van der Waals surface area contributed by atoms with Gasteiger partial charge in [0.15, 0.2) is 0 Å². The van der Waals surface area contributed by atoms with E-state index in [9.17, 15) is 4.79 Å². The minimum Gasteiger partial charge on any atom is -0.492 e. The van der Waals surface area contributed by atoms with Crippen LogP contribution in [0.2, 0.25) is 0 Å². The van der Waals surface area contributed by atoms with E-state index < -0.39 is 0 Å². The minimum absolute atomic E-state index is 0.374. The third-order valence-corrected chi connectivity index (χ3v) is 3.12. The first-order valence-electron chi connectivity index (χ1n) is 7.37. The van der Waals surface area contributed by atoms with Crippen molar-refractivity contribution in [3.8, 4) is 11.6 Å². The summed E-state index contributed by atoms with van der Waals surface area (Å²) in [6.07, 6.45) is 4.66. The number of para-hydroxylation sites is 2. The Bertz CT molecular complexity index is 802. The van der Waals surface area contributed by atoms with E-state index in [0.29, 0.717) is 29.5 Å². The van der Waals surface area contributed by atoms with E-state index in [1.165, 1.54) is 0 Å². The zero-order valence-corrected chi connectivity index (χ0v) is 13.0. The number of urea groups is 1. The van der Waals surface area contributed by atoms with Crippen molar-refractivity contribution in [1.82, 2.24) is 19.7 Å². The van der Waals surface area contributed by atoms with Crippen molar-refractivity contribution in [2.24, 2.45) is 0 Å². The van der Waals surface area contributed by atoms with Crippen molar-refractivity contribution < 1.29 is 9.53 Å². The Balaban J connectivity index is 1.65. The highest BCUT2D eigenvalue weighted by atomic mass is 16.5. The van der Waals surface area contributed by atoms with E-state index in [1.807, 2.05) is 19.1 Å². The monoisotopic (exact) mass is 324 g/mol. The Hall–Kier alpha value is -3.42. The molecule has 0 radical (unpaired) electrons. The molecule has 2 heterocycles. The average Bonchev–Trinajstić information content (AvgIpc) is 3.12. The second-order valence-corrected chi connectivity index (χ2v) is 4.78. The molecule has 0 aliphatic heterocycles. The topological polar surface area (TPSA) is 94.0 Å². The molecular formula is C16H16N6O2. The molecule has 122 valence electrons. The van der Waals surface area contributed by atoms with Crippen molar-refractivity contribution in [1.29, 1.82) is 0 Å². The summed E-state index contributed by atoms with van der Waals surface area (Å²) < 4.78 is 7.14. The molecule has 24 heavy (non-hydrogen) atoms. The fraction of sp³-hybridized carbons (Fsp3) is 0.125. The fourth-order valence-electron chi connectivity index (χ4n) is 2.07. The fourth-order valence-corrected chi connectivity index (χ4v) is 2.07. The Morgan fingerprint density at radius 1 is 1.12 bits per heavy atom. The third-order valence-electron chi connectivity index (χ3n) is 3.12. The van der Waals surface area contributed by atoms with Crippen molar-refractivity contribution in [3.05, 3.63) is 55.2 Å². The maximum absolute atomic E-state index is 12.1. The van der Waals surface area contributed by atoms with Crippen LogP contribution < -0.4 is 15.4 Å². The largest absolute Gasteiger partial charge is 0.492 e. The van der Waals surface area contributed by atoms with Gasteiger partial charge in [0.2, 0.25) is 0 Å². The predicted molar refractivity (Wildman–Crippen MR) is 89.4 cm³/mol. The number of aromatic nitrogens is 4. The van der Waals surface area contributed by atoms with Crippen LogP contribution >= 0.6 is 0 Å². The zero-order valence-electron chi connectivity index (χ0n) is 13.0. The summed E-state index contributed by atoms with van der Waals surface area (Å²) in [4.78, 5) is 16.4. The van der Waals surface area contributed by atoms with Gasteiger partial charge in [0.1, 0.15) is 24.2 Å². The van der Waals surface area contributed by atoms with Crippen LogP contribution in [0.4, 0.5) is 16.2 Å². The summed E-state index contributed by atoms with van der Waals surface area (Å²) in [7, 11) is 0. The highest BCUT2D eigenvalue weighted by Crippen LogP contribution is 2.23. The summed E-state index contributed by atoms with van der Waals surface area (Å²) in [6.45, 7) is 2.41. The number of benzene rings is 1. The van der Waals surface area contributed by atoms with Gasteiger partial charge in [0.25, 0.3) is 0 Å². The number of nitrogens with zero attached hydrogens (tertiary/aromatic N) is 4. The highest BCUT2D eigenvalue weighted by molar-refractivity contribution is 6.00. The van der Waals surface area contributed by atoms with Gasteiger partial charge in [0.05, 0.1) is 24.2 Å². The molecule has 0 aliphatic rings. The lowest BCUT2D eigenvalue weighted by Crippen LogP contribution is -2.20. The number of ether oxygens (including phenoxy) is 1. The lowest BCUT2D eigenvalue weighted by Gasteiger charge is -2.12. The number of hydrogen-bond acceptors (Lipinski definition) is 5. The smallest absolute Gasteiger partial charge is 0.323 e. The molecule has 0 saturated carbocycles. The van der Waals surface area contributed by atoms with Crippen LogP contribution in [-0.2, 0) is 0 Å². The van der Waals surface area contributed by atoms with Gasteiger partial charge >= 0.3 is 6.03 Å². The molecule has 8 nitrogen and oxygen atoms in total. The molecule has 8 heteroatoms. The number of anilines is 2. The lowest BCUT2D eigenvalue weighted by molar-refractivity contribution is 0.262. The first-order chi connectivity index (χ1) is 11.8. The van der Waals surface area contributed by atoms with Gasteiger partial charge in [0, 0.05) is 0 Å². The molecule has 3 aromatic rings. The van der Waals surface area contributed by atoms with Gasteiger partial charge in [-0.05, 0) is 31.2 Å². The van der Waals surface area contributed by atoms with Crippen LogP contribution in [0.5, 0.6) is 5.75 Å². The summed E-state index contributed by atoms with van der Waals surface area (Å²) in [6, 6.07) is 10.4. The molecule has 2 amide bonds. The number of carbonyl (C=O) groups excluding carboxylic acids is 1. The van der Waals surface area contributed by atoms with E-state index in [0.717, 1.165) is 0 Å². The van der Waals surface area contributed by atoms with Gasteiger partial charge in [-0.1, -0.05) is 12.1 Å². The maximum atomic E-state index is 12.1. The van der Waals surface area contributed by atoms with Crippen molar-refractivity contribution in [2.45, 2.75) is 6.92 Å². The van der Waals surface area contributed by atoms with E-state index in [4.69, 9.17) is 4.74 Å². The first kappa shape index (κ1) is 15.5. The minimum atomic E-state index is -0.374. The van der Waals surface area contributed by atoms with Crippen LogP contribution in [0, 0.1) is 0 Å². The number of hydrogen-bond donors (Lipinski definition) is 2. The molecule has 2 aromatic heterocycles. The highest BCUT2D eigenvalue weighted by Gasteiger charge is 2.08. The van der Waals surface area contributed by atoms with Gasteiger partial charge in [-0.3, -0.25) is 4.57 Å². The molecule has 0 atom stereocenters. The molecule has 0 unspecified atom stereocenters. The normalized spacial score (nSPS) is 10.2. The molecule has 0 saturated heterocycles. The Kier molecular flexibility index (Phi) is 4.66. The van der Waals surface area contributed by atoms with Crippen molar-refractivity contribution in [2.75, 3.05) is 17.2 Å². The van der Waals surface area contributed by atoms with Crippen LogP contribution in [0.3, 0.4) is 0 Å². The second-order valence-electron chi connectivity index (χ2n) is 4.78. The Morgan fingerprint density at radius 2 is 1.92 bits per heavy atom. The molecule has 0 bridgehead atoms. The predicted octanol–water partition coefficient (Wildman–Crippen LogP) is 2.71. The van der Waals surface area contributed by atoms with E-state index in [2.05, 4.69) is 25.8 Å². The third kappa shape index (κ3) is 3.67. The van der Waals surface area contributed by atoms with Crippen molar-refractivity contribution >= 4 is 17.4 Å². The summed E-state index contributed by atoms with van der Waals surface area (Å²) in [5.41, 5.74) is 1.17. The van der Waals surface area contributed by atoms with Crippen molar-refractivity contribution in [3.63, 3.8) is 0 Å². The quantitative estimate of drug-likeness (QED) is 0.752. The Labute approximate surface area is 138 Å². The number of carbonyl (C=O) groups is 1. The molecular weight excluding hydrogens is 308 g/mol. The summed E-state index contributed by atoms with van der Waals surface area (Å²) in [5, 5.41) is 12.9. The zero-order chi connectivity index (χ0) is 16.8. The van der Waals surface area contributed by atoms with Gasteiger partial charge in [-0.2, -0.15) is 0 Å².